The molecule has 3 nitrogen and oxygen atoms in total. The van der Waals surface area contributed by atoms with Gasteiger partial charge in [0.05, 0.1) is 0 Å². The molecular formula is C15H22N2O. The summed E-state index contributed by atoms with van der Waals surface area (Å²) in [6.07, 6.45) is 4.65. The molecule has 2 rings (SSSR count). The highest BCUT2D eigenvalue weighted by Crippen LogP contribution is 2.30. The van der Waals surface area contributed by atoms with Crippen LogP contribution in [0, 0.1) is 13.8 Å². The minimum absolute atomic E-state index is 0.0319. The molecule has 1 aromatic rings. The lowest BCUT2D eigenvalue weighted by molar-refractivity contribution is -0.117. The largest absolute Gasteiger partial charge is 0.326 e. The average Bonchev–Trinajstić information content (AvgIpc) is 2.62. The summed E-state index contributed by atoms with van der Waals surface area (Å²) >= 11 is 0. The van der Waals surface area contributed by atoms with Gasteiger partial charge in [0, 0.05) is 17.6 Å². The Bertz CT molecular complexity index is 428. The Balaban J connectivity index is 1.98. The topological polar surface area (TPSA) is 55.1 Å². The van der Waals surface area contributed by atoms with E-state index in [2.05, 4.69) is 11.4 Å². The number of hydrogen-bond donors (Lipinski definition) is 2. The molecule has 0 aromatic heterocycles. The van der Waals surface area contributed by atoms with Gasteiger partial charge in [-0.05, 0) is 49.9 Å². The van der Waals surface area contributed by atoms with E-state index in [1.807, 2.05) is 26.0 Å². The van der Waals surface area contributed by atoms with Crippen LogP contribution in [0.3, 0.4) is 0 Å². The zero-order chi connectivity index (χ0) is 13.2. The molecule has 1 aromatic carbocycles. The van der Waals surface area contributed by atoms with E-state index in [0.717, 1.165) is 42.5 Å². The third kappa shape index (κ3) is 3.33. The highest BCUT2D eigenvalue weighted by Gasteiger charge is 2.31. The number of carbonyl (C=O) groups excluding carboxylic acids is 1. The van der Waals surface area contributed by atoms with Gasteiger partial charge in [-0.3, -0.25) is 4.79 Å². The first-order valence-electron chi connectivity index (χ1n) is 6.64. The second kappa shape index (κ2) is 5.11. The van der Waals surface area contributed by atoms with Gasteiger partial charge in [-0.15, -0.1) is 0 Å². The van der Waals surface area contributed by atoms with Gasteiger partial charge >= 0.3 is 0 Å². The Labute approximate surface area is 109 Å². The maximum atomic E-state index is 12.0. The minimum Gasteiger partial charge on any atom is -0.326 e. The van der Waals surface area contributed by atoms with Crippen molar-refractivity contribution >= 4 is 11.6 Å². The highest BCUT2D eigenvalue weighted by atomic mass is 16.1. The van der Waals surface area contributed by atoms with Crippen molar-refractivity contribution < 1.29 is 4.79 Å². The number of nitrogens with one attached hydrogen (secondary N) is 1. The summed E-state index contributed by atoms with van der Waals surface area (Å²) in [5.74, 6) is 0.0319. The summed E-state index contributed by atoms with van der Waals surface area (Å²) in [5, 5.41) is 2.96. The molecule has 1 aliphatic rings. The highest BCUT2D eigenvalue weighted by molar-refractivity contribution is 5.91. The molecule has 0 heterocycles. The van der Waals surface area contributed by atoms with Crippen LogP contribution in [0.1, 0.15) is 43.2 Å². The minimum atomic E-state index is -0.275. The number of benzene rings is 1. The van der Waals surface area contributed by atoms with Gasteiger partial charge in [-0.2, -0.15) is 0 Å². The summed E-state index contributed by atoms with van der Waals surface area (Å²) in [7, 11) is 0. The smallest absolute Gasteiger partial charge is 0.226 e. The first-order chi connectivity index (χ1) is 8.47. The van der Waals surface area contributed by atoms with Crippen molar-refractivity contribution in [1.29, 1.82) is 0 Å². The Morgan fingerprint density at radius 2 is 1.78 bits per heavy atom. The molecule has 0 radical (unpaired) electrons. The van der Waals surface area contributed by atoms with Crippen molar-refractivity contribution in [1.82, 2.24) is 0 Å². The van der Waals surface area contributed by atoms with Gasteiger partial charge in [0.1, 0.15) is 0 Å². The van der Waals surface area contributed by atoms with Crippen molar-refractivity contribution in [3.05, 3.63) is 29.3 Å². The molecule has 98 valence electrons. The maximum absolute atomic E-state index is 12.0. The number of rotatable bonds is 3. The molecule has 3 N–H and O–H groups in total. The molecule has 1 amide bonds. The van der Waals surface area contributed by atoms with E-state index in [0.29, 0.717) is 6.42 Å². The Hall–Kier alpha value is -1.35. The van der Waals surface area contributed by atoms with Crippen LogP contribution < -0.4 is 11.1 Å². The molecule has 1 fully saturated rings. The standard InChI is InChI=1S/C15H22N2O/c1-11-7-12(2)9-13(8-11)17-14(18)10-15(16)5-3-4-6-15/h7-9H,3-6,10,16H2,1-2H3,(H,17,18). The second-order valence-corrected chi connectivity index (χ2v) is 5.67. The van der Waals surface area contributed by atoms with Crippen LogP contribution in [0.2, 0.25) is 0 Å². The van der Waals surface area contributed by atoms with Crippen LogP contribution in [0.25, 0.3) is 0 Å². The van der Waals surface area contributed by atoms with E-state index in [4.69, 9.17) is 5.73 Å². The summed E-state index contributed by atoms with van der Waals surface area (Å²) in [6.45, 7) is 4.06. The first kappa shape index (κ1) is 13.1. The average molecular weight is 246 g/mol. The molecule has 0 atom stereocenters. The van der Waals surface area contributed by atoms with Crippen LogP contribution in [0.4, 0.5) is 5.69 Å². The second-order valence-electron chi connectivity index (χ2n) is 5.67. The molecular weight excluding hydrogens is 224 g/mol. The van der Waals surface area contributed by atoms with Gasteiger partial charge in [0.2, 0.25) is 5.91 Å². The monoisotopic (exact) mass is 246 g/mol. The molecule has 1 aliphatic carbocycles. The van der Waals surface area contributed by atoms with Crippen molar-refractivity contribution in [2.75, 3.05) is 5.32 Å². The zero-order valence-electron chi connectivity index (χ0n) is 11.3. The number of carbonyl (C=O) groups is 1. The number of hydrogen-bond acceptors (Lipinski definition) is 2. The fourth-order valence-electron chi connectivity index (χ4n) is 2.83. The molecule has 18 heavy (non-hydrogen) atoms. The normalized spacial score (nSPS) is 17.7. The Morgan fingerprint density at radius 3 is 2.33 bits per heavy atom. The Kier molecular flexibility index (Phi) is 3.71. The van der Waals surface area contributed by atoms with Crippen LogP contribution in [0.15, 0.2) is 18.2 Å². The summed E-state index contributed by atoms with van der Waals surface area (Å²) in [4.78, 5) is 12.0. The SMILES string of the molecule is Cc1cc(C)cc(NC(=O)CC2(N)CCCC2)c1. The van der Waals surface area contributed by atoms with Crippen molar-refractivity contribution in [2.45, 2.75) is 51.5 Å². The van der Waals surface area contributed by atoms with Crippen molar-refractivity contribution in [3.8, 4) is 0 Å². The third-order valence-corrected chi connectivity index (χ3v) is 3.62. The fraction of sp³-hybridized carbons (Fsp3) is 0.533. The fourth-order valence-corrected chi connectivity index (χ4v) is 2.83. The lowest BCUT2D eigenvalue weighted by Gasteiger charge is -2.22. The van der Waals surface area contributed by atoms with Crippen molar-refractivity contribution in [2.24, 2.45) is 5.73 Å². The number of aryl methyl sites for hydroxylation is 2. The lowest BCUT2D eigenvalue weighted by atomic mass is 9.94. The molecule has 3 heteroatoms. The van der Waals surface area contributed by atoms with E-state index in [9.17, 15) is 4.79 Å². The van der Waals surface area contributed by atoms with Gasteiger partial charge < -0.3 is 11.1 Å². The van der Waals surface area contributed by atoms with E-state index < -0.39 is 0 Å². The van der Waals surface area contributed by atoms with Gasteiger partial charge in [0.25, 0.3) is 0 Å². The summed E-state index contributed by atoms with van der Waals surface area (Å²) < 4.78 is 0. The third-order valence-electron chi connectivity index (χ3n) is 3.62. The van der Waals surface area contributed by atoms with Crippen LogP contribution in [-0.2, 0) is 4.79 Å². The van der Waals surface area contributed by atoms with Crippen LogP contribution in [0.5, 0.6) is 0 Å². The van der Waals surface area contributed by atoms with Crippen molar-refractivity contribution in [3.63, 3.8) is 0 Å². The van der Waals surface area contributed by atoms with E-state index in [1.165, 1.54) is 0 Å². The summed E-state index contributed by atoms with van der Waals surface area (Å²) in [6, 6.07) is 6.07. The van der Waals surface area contributed by atoms with Gasteiger partial charge in [-0.1, -0.05) is 18.9 Å². The zero-order valence-corrected chi connectivity index (χ0v) is 11.3. The van der Waals surface area contributed by atoms with Gasteiger partial charge in [-0.25, -0.2) is 0 Å². The predicted octanol–water partition coefficient (Wildman–Crippen LogP) is 2.90. The number of nitrogens with two attached hydrogens (primary N) is 1. The van der Waals surface area contributed by atoms with E-state index >= 15 is 0 Å². The lowest BCUT2D eigenvalue weighted by Crippen LogP contribution is -2.40. The molecule has 0 bridgehead atoms. The molecule has 1 saturated carbocycles. The maximum Gasteiger partial charge on any atom is 0.226 e. The van der Waals surface area contributed by atoms with Crippen LogP contribution in [-0.4, -0.2) is 11.4 Å². The molecule has 0 aliphatic heterocycles. The first-order valence-corrected chi connectivity index (χ1v) is 6.64. The van der Waals surface area contributed by atoms with Crippen LogP contribution >= 0.6 is 0 Å². The van der Waals surface area contributed by atoms with E-state index in [1.54, 1.807) is 0 Å². The molecule has 0 unspecified atom stereocenters. The van der Waals surface area contributed by atoms with E-state index in [-0.39, 0.29) is 11.4 Å². The summed E-state index contributed by atoms with van der Waals surface area (Å²) in [5.41, 5.74) is 9.13. The molecule has 0 spiro atoms. The molecule has 0 saturated heterocycles. The number of amides is 1. The quantitative estimate of drug-likeness (QED) is 0.861. The predicted molar refractivity (Wildman–Crippen MR) is 74.5 cm³/mol. The van der Waals surface area contributed by atoms with Gasteiger partial charge in [0.15, 0.2) is 0 Å². The Morgan fingerprint density at radius 1 is 1.22 bits per heavy atom. The number of anilines is 1.